The van der Waals surface area contributed by atoms with E-state index < -0.39 is 17.5 Å². The summed E-state index contributed by atoms with van der Waals surface area (Å²) in [5.74, 6) is 1.44. The van der Waals surface area contributed by atoms with Crippen LogP contribution in [0.3, 0.4) is 0 Å². The maximum Gasteiger partial charge on any atom is 0.346 e. The molecule has 0 amide bonds. The topological polar surface area (TPSA) is 91.3 Å². The molecule has 7 nitrogen and oxygen atoms in total. The lowest BCUT2D eigenvalue weighted by atomic mass is 9.75. The third kappa shape index (κ3) is 4.58. The zero-order chi connectivity index (χ0) is 26.5. The molecule has 3 aliphatic rings. The Morgan fingerprint density at radius 2 is 2.03 bits per heavy atom. The van der Waals surface area contributed by atoms with Crippen molar-refractivity contribution < 1.29 is 33.6 Å². The van der Waals surface area contributed by atoms with E-state index in [1.807, 2.05) is 33.8 Å². The lowest BCUT2D eigenvalue weighted by molar-refractivity contribution is -0.148. The van der Waals surface area contributed by atoms with E-state index in [0.29, 0.717) is 40.9 Å². The van der Waals surface area contributed by atoms with Crippen LogP contribution in [0, 0.1) is 30.1 Å². The van der Waals surface area contributed by atoms with Crippen molar-refractivity contribution in [2.45, 2.75) is 72.5 Å². The molecule has 1 heterocycles. The van der Waals surface area contributed by atoms with Crippen molar-refractivity contribution in [2.24, 2.45) is 23.2 Å². The van der Waals surface area contributed by atoms with E-state index in [-0.39, 0.29) is 35.6 Å². The van der Waals surface area contributed by atoms with Crippen LogP contribution in [0.2, 0.25) is 0 Å². The van der Waals surface area contributed by atoms with Gasteiger partial charge in [0.1, 0.15) is 23.7 Å². The summed E-state index contributed by atoms with van der Waals surface area (Å²) in [5.41, 5.74) is 1.57. The molecule has 198 valence electrons. The Kier molecular flexibility index (Phi) is 6.69. The van der Waals surface area contributed by atoms with Crippen LogP contribution in [-0.2, 0) is 16.1 Å². The first-order chi connectivity index (χ1) is 17.6. The van der Waals surface area contributed by atoms with E-state index in [0.717, 1.165) is 24.8 Å². The quantitative estimate of drug-likeness (QED) is 0.363. The zero-order valence-electron chi connectivity index (χ0n) is 22.3. The van der Waals surface area contributed by atoms with Gasteiger partial charge < -0.3 is 24.1 Å². The number of aryl methyl sites for hydroxylation is 1. The van der Waals surface area contributed by atoms with Gasteiger partial charge in [-0.15, -0.1) is 0 Å². The Morgan fingerprint density at radius 1 is 1.24 bits per heavy atom. The summed E-state index contributed by atoms with van der Waals surface area (Å²) in [7, 11) is 1.45. The zero-order valence-corrected chi connectivity index (χ0v) is 22.3. The van der Waals surface area contributed by atoms with Gasteiger partial charge in [0.25, 0.3) is 0 Å². The highest BCUT2D eigenvalue weighted by Gasteiger charge is 2.53. The summed E-state index contributed by atoms with van der Waals surface area (Å²) in [6.45, 7) is 7.89. The number of aliphatic hydroxyl groups excluding tert-OH is 1. The van der Waals surface area contributed by atoms with Crippen LogP contribution >= 0.6 is 0 Å². The summed E-state index contributed by atoms with van der Waals surface area (Å²) in [6, 6.07) is 6.99. The molecular formula is C30H36O7. The number of hydrogen-bond acceptors (Lipinski definition) is 7. The number of ether oxygens (including phenoxy) is 4. The van der Waals surface area contributed by atoms with Gasteiger partial charge in [-0.3, -0.25) is 4.79 Å². The normalized spacial score (nSPS) is 24.9. The number of fused-ring (bicyclic) bond motifs is 4. The second-order valence-corrected chi connectivity index (χ2v) is 11.5. The number of carbonyl (C=O) groups is 2. The van der Waals surface area contributed by atoms with Gasteiger partial charge in [0.05, 0.1) is 18.6 Å². The average molecular weight is 509 g/mol. The standard InChI is InChI=1S/C30H36O7/c1-16(2)10-22(31)21-8-9-23-25(27(21)34-5)28(32)35-15-19-11-17(3)12-24(26(19)36-23)37-29(33)30(4)14-18-6-7-20(30)13-18/h8-9,11-12,16,18,20,22,31H,6-7,10,13-15H2,1-5H3/t18?,20-,22+,30?/m1/s1. The molecule has 7 heteroatoms. The highest BCUT2D eigenvalue weighted by atomic mass is 16.6. The molecule has 1 N–H and O–H groups in total. The minimum absolute atomic E-state index is 0.0519. The SMILES string of the molecule is COc1c([C@@H](O)CC(C)C)ccc2c1C(=O)OCc1cc(C)cc(OC(=O)C3(C)CC4CC[C@@H]3C4)c1O2. The van der Waals surface area contributed by atoms with Crippen LogP contribution in [0.5, 0.6) is 23.0 Å². The Bertz CT molecular complexity index is 1230. The fourth-order valence-corrected chi connectivity index (χ4v) is 6.42. The van der Waals surface area contributed by atoms with E-state index in [9.17, 15) is 14.7 Å². The number of esters is 2. The summed E-state index contributed by atoms with van der Waals surface area (Å²) in [4.78, 5) is 26.6. The van der Waals surface area contributed by atoms with E-state index in [4.69, 9.17) is 18.9 Å². The van der Waals surface area contributed by atoms with Crippen LogP contribution < -0.4 is 14.2 Å². The van der Waals surface area contributed by atoms with Gasteiger partial charge in [-0.25, -0.2) is 4.79 Å². The summed E-state index contributed by atoms with van der Waals surface area (Å²) in [5, 5.41) is 10.8. The predicted molar refractivity (Wildman–Crippen MR) is 137 cm³/mol. The monoisotopic (exact) mass is 508 g/mol. The molecule has 37 heavy (non-hydrogen) atoms. The molecule has 2 fully saturated rings. The lowest BCUT2D eigenvalue weighted by Crippen LogP contribution is -2.37. The van der Waals surface area contributed by atoms with Gasteiger partial charge in [0.2, 0.25) is 0 Å². The predicted octanol–water partition coefficient (Wildman–Crippen LogP) is 6.28. The van der Waals surface area contributed by atoms with Crippen LogP contribution in [-0.4, -0.2) is 24.2 Å². The molecule has 0 aromatic heterocycles. The Hall–Kier alpha value is -3.06. The van der Waals surface area contributed by atoms with Crippen LogP contribution in [0.15, 0.2) is 24.3 Å². The molecule has 5 rings (SSSR count). The molecule has 1 aliphatic heterocycles. The van der Waals surface area contributed by atoms with Crippen LogP contribution in [0.4, 0.5) is 0 Å². The molecule has 2 unspecified atom stereocenters. The second-order valence-electron chi connectivity index (χ2n) is 11.5. The van der Waals surface area contributed by atoms with Gasteiger partial charge in [-0.1, -0.05) is 20.3 Å². The van der Waals surface area contributed by atoms with E-state index in [1.165, 1.54) is 13.5 Å². The first kappa shape index (κ1) is 25.6. The van der Waals surface area contributed by atoms with Crippen molar-refractivity contribution in [3.63, 3.8) is 0 Å². The third-order valence-corrected chi connectivity index (χ3v) is 8.28. The molecule has 0 radical (unpaired) electrons. The fraction of sp³-hybridized carbons (Fsp3) is 0.533. The Morgan fingerprint density at radius 3 is 2.68 bits per heavy atom. The third-order valence-electron chi connectivity index (χ3n) is 8.28. The number of rotatable bonds is 6. The second kappa shape index (κ2) is 9.67. The molecule has 2 aromatic carbocycles. The number of carbonyl (C=O) groups excluding carboxylic acids is 2. The maximum atomic E-state index is 13.5. The molecule has 0 spiro atoms. The molecule has 4 atom stereocenters. The van der Waals surface area contributed by atoms with Crippen molar-refractivity contribution in [3.8, 4) is 23.0 Å². The maximum absolute atomic E-state index is 13.5. The van der Waals surface area contributed by atoms with Gasteiger partial charge in [0, 0.05) is 11.1 Å². The number of hydrogen-bond donors (Lipinski definition) is 1. The number of methoxy groups -OCH3 is 1. The summed E-state index contributed by atoms with van der Waals surface area (Å²) >= 11 is 0. The van der Waals surface area contributed by atoms with Crippen LogP contribution in [0.25, 0.3) is 0 Å². The fourth-order valence-electron chi connectivity index (χ4n) is 6.42. The Labute approximate surface area is 218 Å². The van der Waals surface area contributed by atoms with E-state index >= 15 is 0 Å². The molecule has 2 bridgehead atoms. The summed E-state index contributed by atoms with van der Waals surface area (Å²) in [6.07, 6.45) is 3.88. The molecule has 2 saturated carbocycles. The first-order valence-corrected chi connectivity index (χ1v) is 13.2. The Balaban J connectivity index is 1.53. The van der Waals surface area contributed by atoms with Crippen molar-refractivity contribution in [3.05, 3.63) is 46.5 Å². The van der Waals surface area contributed by atoms with E-state index in [1.54, 1.807) is 18.2 Å². The first-order valence-electron chi connectivity index (χ1n) is 13.2. The largest absolute Gasteiger partial charge is 0.495 e. The van der Waals surface area contributed by atoms with Gasteiger partial charge in [0.15, 0.2) is 11.5 Å². The number of benzene rings is 2. The minimum atomic E-state index is -0.813. The van der Waals surface area contributed by atoms with E-state index in [2.05, 4.69) is 0 Å². The van der Waals surface area contributed by atoms with Crippen molar-refractivity contribution in [1.82, 2.24) is 0 Å². The van der Waals surface area contributed by atoms with Crippen molar-refractivity contribution in [2.75, 3.05) is 7.11 Å². The van der Waals surface area contributed by atoms with Crippen molar-refractivity contribution >= 4 is 11.9 Å². The molecule has 0 saturated heterocycles. The minimum Gasteiger partial charge on any atom is -0.495 e. The van der Waals surface area contributed by atoms with Gasteiger partial charge in [-0.05, 0) is 87.1 Å². The average Bonchev–Trinajstić information content (AvgIpc) is 3.43. The lowest BCUT2D eigenvalue weighted by Gasteiger charge is -2.31. The smallest absolute Gasteiger partial charge is 0.346 e. The highest BCUT2D eigenvalue weighted by Crippen LogP contribution is 2.56. The molecule has 2 aromatic rings. The van der Waals surface area contributed by atoms with Gasteiger partial charge in [-0.2, -0.15) is 0 Å². The van der Waals surface area contributed by atoms with Crippen LogP contribution in [0.1, 0.15) is 86.0 Å². The molecular weight excluding hydrogens is 472 g/mol. The number of cyclic esters (lactones) is 1. The summed E-state index contributed by atoms with van der Waals surface area (Å²) < 4.78 is 23.6. The highest BCUT2D eigenvalue weighted by molar-refractivity contribution is 5.97. The van der Waals surface area contributed by atoms with Gasteiger partial charge >= 0.3 is 11.9 Å². The molecule has 2 aliphatic carbocycles. The number of aliphatic hydroxyl groups is 1. The van der Waals surface area contributed by atoms with Crippen molar-refractivity contribution in [1.29, 1.82) is 0 Å².